The Balaban J connectivity index is 1.56. The van der Waals surface area contributed by atoms with Crippen molar-refractivity contribution in [3.05, 3.63) is 101 Å². The Morgan fingerprint density at radius 2 is 1.68 bits per heavy atom. The second-order valence-corrected chi connectivity index (χ2v) is 12.2. The fraction of sp³-hybridized carbons (Fsp3) is 0.344. The molecule has 1 saturated heterocycles. The first-order valence-corrected chi connectivity index (χ1v) is 14.5. The molecule has 1 aliphatic heterocycles. The number of thioether (sulfide) groups is 1. The summed E-state index contributed by atoms with van der Waals surface area (Å²) in [5.74, 6) is -0.753. The topological polar surface area (TPSA) is 108 Å². The molecule has 0 unspecified atom stereocenters. The number of para-hydroxylation sites is 1. The lowest BCUT2D eigenvalue weighted by atomic mass is 9.96. The molecule has 0 bridgehead atoms. The van der Waals surface area contributed by atoms with E-state index in [1.165, 1.54) is 23.8 Å². The monoisotopic (exact) mass is 575 g/mol. The number of hydrogen-bond acceptors (Lipinski definition) is 6. The molecule has 3 aromatic rings. The van der Waals surface area contributed by atoms with Crippen LogP contribution in [0.1, 0.15) is 40.9 Å². The van der Waals surface area contributed by atoms with Gasteiger partial charge in [-0.3, -0.25) is 14.4 Å². The summed E-state index contributed by atoms with van der Waals surface area (Å²) >= 11 is 1.48. The number of benzene rings is 3. The first-order valence-electron chi connectivity index (χ1n) is 13.5. The van der Waals surface area contributed by atoms with Gasteiger partial charge in [-0.25, -0.2) is 0 Å². The molecule has 0 spiro atoms. The number of amides is 3. The summed E-state index contributed by atoms with van der Waals surface area (Å²) < 4.78 is 4.75. The van der Waals surface area contributed by atoms with Crippen LogP contribution in [0.2, 0.25) is 0 Å². The van der Waals surface area contributed by atoms with Crippen LogP contribution in [0.4, 0.5) is 0 Å². The van der Waals surface area contributed by atoms with Gasteiger partial charge in [0.05, 0.1) is 24.6 Å². The summed E-state index contributed by atoms with van der Waals surface area (Å²) in [5, 5.41) is 17.3. The zero-order chi connectivity index (χ0) is 29.6. The van der Waals surface area contributed by atoms with Crippen molar-refractivity contribution in [1.29, 1.82) is 0 Å². The zero-order valence-corrected chi connectivity index (χ0v) is 24.6. The number of carbonyl (C=O) groups excluding carboxylic acids is 3. The smallest absolute Gasteiger partial charge is 0.255 e. The van der Waals surface area contributed by atoms with Gasteiger partial charge in [0, 0.05) is 11.3 Å². The highest BCUT2D eigenvalue weighted by molar-refractivity contribution is 8.00. The first kappa shape index (κ1) is 30.1. The lowest BCUT2D eigenvalue weighted by Gasteiger charge is -2.33. The molecule has 3 N–H and O–H groups in total. The number of nitrogens with one attached hydrogen (secondary N) is 2. The van der Waals surface area contributed by atoms with E-state index >= 15 is 0 Å². The van der Waals surface area contributed by atoms with E-state index in [0.717, 1.165) is 16.7 Å². The van der Waals surface area contributed by atoms with Crippen LogP contribution in [0.15, 0.2) is 78.9 Å². The van der Waals surface area contributed by atoms with Gasteiger partial charge in [-0.15, -0.1) is 11.8 Å². The zero-order valence-electron chi connectivity index (χ0n) is 23.8. The Kier molecular flexibility index (Phi) is 9.73. The Morgan fingerprint density at radius 3 is 2.39 bits per heavy atom. The third-order valence-electron chi connectivity index (χ3n) is 7.39. The third kappa shape index (κ3) is 7.10. The maximum absolute atomic E-state index is 13.9. The van der Waals surface area contributed by atoms with E-state index in [-0.39, 0.29) is 18.2 Å². The second kappa shape index (κ2) is 13.2. The van der Waals surface area contributed by atoms with E-state index in [4.69, 9.17) is 4.74 Å². The number of methoxy groups -OCH3 is 1. The van der Waals surface area contributed by atoms with Gasteiger partial charge in [-0.05, 0) is 56.0 Å². The van der Waals surface area contributed by atoms with Gasteiger partial charge >= 0.3 is 0 Å². The van der Waals surface area contributed by atoms with E-state index in [2.05, 4.69) is 10.6 Å². The quantitative estimate of drug-likeness (QED) is 0.340. The Bertz CT molecular complexity index is 1380. The van der Waals surface area contributed by atoms with Gasteiger partial charge in [0.2, 0.25) is 5.91 Å². The minimum absolute atomic E-state index is 0.211. The van der Waals surface area contributed by atoms with Crippen LogP contribution in [-0.4, -0.2) is 63.6 Å². The van der Waals surface area contributed by atoms with Crippen LogP contribution in [-0.2, 0) is 22.6 Å². The number of aliphatic hydroxyl groups is 1. The highest BCUT2D eigenvalue weighted by atomic mass is 32.2. The van der Waals surface area contributed by atoms with E-state index in [1.54, 1.807) is 24.3 Å². The minimum atomic E-state index is -1.59. The predicted molar refractivity (Wildman–Crippen MR) is 161 cm³/mol. The van der Waals surface area contributed by atoms with E-state index in [0.29, 0.717) is 17.9 Å². The maximum Gasteiger partial charge on any atom is 0.255 e. The van der Waals surface area contributed by atoms with Crippen LogP contribution in [0.3, 0.4) is 0 Å². The van der Waals surface area contributed by atoms with E-state index in [9.17, 15) is 19.5 Å². The molecule has 3 aromatic carbocycles. The molecule has 0 radical (unpaired) electrons. The lowest BCUT2D eigenvalue weighted by molar-refractivity contribution is -0.147. The fourth-order valence-electron chi connectivity index (χ4n) is 5.03. The Labute approximate surface area is 245 Å². The molecular weight excluding hydrogens is 538 g/mol. The highest BCUT2D eigenvalue weighted by Crippen LogP contribution is 2.40. The first-order chi connectivity index (χ1) is 19.6. The van der Waals surface area contributed by atoms with Crippen molar-refractivity contribution >= 4 is 29.5 Å². The molecule has 0 saturated carbocycles. The van der Waals surface area contributed by atoms with Crippen molar-refractivity contribution in [3.63, 3.8) is 0 Å². The van der Waals surface area contributed by atoms with E-state index < -0.39 is 34.7 Å². The van der Waals surface area contributed by atoms with Crippen molar-refractivity contribution in [2.24, 2.45) is 0 Å². The van der Waals surface area contributed by atoms with Crippen molar-refractivity contribution in [2.75, 3.05) is 13.0 Å². The van der Waals surface area contributed by atoms with Crippen LogP contribution >= 0.6 is 11.8 Å². The van der Waals surface area contributed by atoms with Crippen molar-refractivity contribution in [2.45, 2.75) is 56.7 Å². The molecular formula is C32H37N3O5S. The van der Waals surface area contributed by atoms with Gasteiger partial charge in [-0.2, -0.15) is 0 Å². The third-order valence-corrected chi connectivity index (χ3v) is 8.77. The van der Waals surface area contributed by atoms with Gasteiger partial charge < -0.3 is 25.4 Å². The summed E-state index contributed by atoms with van der Waals surface area (Å²) in [6.07, 6.45) is -1.38. The summed E-state index contributed by atoms with van der Waals surface area (Å²) in [6.45, 7) is 6.15. The normalized spacial score (nSPS) is 17.4. The molecule has 1 fully saturated rings. The molecule has 1 aliphatic rings. The van der Waals surface area contributed by atoms with Gasteiger partial charge in [0.1, 0.15) is 11.8 Å². The second-order valence-electron chi connectivity index (χ2n) is 10.6. The molecule has 41 heavy (non-hydrogen) atoms. The predicted octanol–water partition coefficient (Wildman–Crippen LogP) is 3.70. The molecule has 3 amide bonds. The Morgan fingerprint density at radius 1 is 1.02 bits per heavy atom. The van der Waals surface area contributed by atoms with Crippen molar-refractivity contribution in [3.8, 4) is 5.75 Å². The molecule has 0 aromatic heterocycles. The number of nitrogens with zero attached hydrogens (tertiary/aromatic N) is 1. The average molecular weight is 576 g/mol. The molecule has 9 heteroatoms. The van der Waals surface area contributed by atoms with Crippen molar-refractivity contribution in [1.82, 2.24) is 15.5 Å². The summed E-state index contributed by atoms with van der Waals surface area (Å²) in [6, 6.07) is 22.1. The van der Waals surface area contributed by atoms with Gasteiger partial charge in [0.25, 0.3) is 11.8 Å². The molecule has 8 nitrogen and oxygen atoms in total. The number of aryl methyl sites for hydroxylation is 1. The fourth-order valence-corrected chi connectivity index (χ4v) is 6.17. The highest BCUT2D eigenvalue weighted by Gasteiger charge is 2.49. The number of rotatable bonds is 10. The van der Waals surface area contributed by atoms with Crippen LogP contribution in [0.25, 0.3) is 0 Å². The van der Waals surface area contributed by atoms with Crippen molar-refractivity contribution < 1.29 is 24.2 Å². The largest absolute Gasteiger partial charge is 0.496 e. The summed E-state index contributed by atoms with van der Waals surface area (Å²) in [7, 11) is 1.48. The van der Waals surface area contributed by atoms with Gasteiger partial charge in [0.15, 0.2) is 6.10 Å². The van der Waals surface area contributed by atoms with Crippen LogP contribution < -0.4 is 15.4 Å². The average Bonchev–Trinajstić information content (AvgIpc) is 3.30. The minimum Gasteiger partial charge on any atom is -0.496 e. The number of ether oxygens (including phenoxy) is 1. The standard InChI is InChI=1S/C32H37N3O5S/c1-21-12-8-9-15-23(21)19-33-30(38)28-32(2,3)41-20-35(28)31(39)27(36)25(18-22-13-6-5-7-14-22)34-29(37)24-16-10-11-17-26(24)40-4/h5-17,25,27-28,36H,18-20H2,1-4H3,(H,33,38)(H,34,37)/t25-,27-,28+/m0/s1. The molecule has 3 atom stereocenters. The number of carbonyl (C=O) groups is 3. The molecule has 4 rings (SSSR count). The maximum atomic E-state index is 13.9. The summed E-state index contributed by atoms with van der Waals surface area (Å²) in [5.41, 5.74) is 3.18. The molecule has 1 heterocycles. The molecule has 0 aliphatic carbocycles. The number of aliphatic hydroxyl groups excluding tert-OH is 1. The SMILES string of the molecule is COc1ccccc1C(=O)N[C@@H](Cc1ccccc1)[C@H](O)C(=O)N1CSC(C)(C)[C@H]1C(=O)NCc1ccccc1C. The van der Waals surface area contributed by atoms with Crippen LogP contribution in [0, 0.1) is 6.92 Å². The summed E-state index contributed by atoms with van der Waals surface area (Å²) in [4.78, 5) is 42.1. The number of hydrogen-bond donors (Lipinski definition) is 3. The Hall–Kier alpha value is -3.82. The van der Waals surface area contributed by atoms with E-state index in [1.807, 2.05) is 75.4 Å². The van der Waals surface area contributed by atoms with Crippen LogP contribution in [0.5, 0.6) is 5.75 Å². The lowest BCUT2D eigenvalue weighted by Crippen LogP contribution is -2.58. The molecule has 216 valence electrons. The van der Waals surface area contributed by atoms with Gasteiger partial charge in [-0.1, -0.05) is 66.7 Å².